The van der Waals surface area contributed by atoms with E-state index in [1.807, 2.05) is 42.5 Å². The molecule has 0 spiro atoms. The summed E-state index contributed by atoms with van der Waals surface area (Å²) in [6.07, 6.45) is 0. The van der Waals surface area contributed by atoms with E-state index in [9.17, 15) is 9.90 Å². The number of rotatable bonds is 5. The number of Topliss-reactive ketones (excluding diaryl/α,β-unsaturated/α-hetero) is 1. The van der Waals surface area contributed by atoms with E-state index in [-0.39, 0.29) is 17.1 Å². The Balaban J connectivity index is 1.85. The molecule has 0 saturated heterocycles. The minimum absolute atomic E-state index is 0.120. The molecule has 4 aromatic rings. The van der Waals surface area contributed by atoms with Crippen molar-refractivity contribution in [2.24, 2.45) is 0 Å². The summed E-state index contributed by atoms with van der Waals surface area (Å²) in [4.78, 5) is 14.7. The number of carbonyl (C=O) groups is 1. The van der Waals surface area contributed by atoms with Crippen LogP contribution < -0.4 is 4.80 Å². The first kappa shape index (κ1) is 17.8. The second kappa shape index (κ2) is 7.94. The molecular formula is C22H16N3O2S+. The van der Waals surface area contributed by atoms with E-state index in [1.165, 1.54) is 4.80 Å². The molecule has 4 rings (SSSR count). The van der Waals surface area contributed by atoms with Gasteiger partial charge in [-0.15, -0.1) is 0 Å². The van der Waals surface area contributed by atoms with Crippen molar-refractivity contribution < 1.29 is 14.7 Å². The van der Waals surface area contributed by atoms with Crippen LogP contribution in [-0.4, -0.2) is 20.5 Å². The predicted molar refractivity (Wildman–Crippen MR) is 108 cm³/mol. The highest BCUT2D eigenvalue weighted by atomic mass is 32.1. The van der Waals surface area contributed by atoms with Crippen LogP contribution in [0.2, 0.25) is 0 Å². The van der Waals surface area contributed by atoms with Gasteiger partial charge in [0.05, 0.1) is 20.8 Å². The van der Waals surface area contributed by atoms with Crippen LogP contribution in [0.3, 0.4) is 0 Å². The molecule has 0 saturated carbocycles. The third-order valence-corrected chi connectivity index (χ3v) is 4.83. The zero-order valence-electron chi connectivity index (χ0n) is 14.8. The molecule has 0 aliphatic heterocycles. The number of aromatic nitrogens is 3. The molecule has 0 bridgehead atoms. The third kappa shape index (κ3) is 3.58. The number of allylic oxidation sites excluding steroid dienone is 1. The molecule has 6 heteroatoms. The van der Waals surface area contributed by atoms with E-state index >= 15 is 0 Å². The van der Waals surface area contributed by atoms with Gasteiger partial charge in [-0.3, -0.25) is 4.79 Å². The minimum Gasteiger partial charge on any atom is -0.506 e. The van der Waals surface area contributed by atoms with E-state index in [2.05, 4.69) is 9.59 Å². The van der Waals surface area contributed by atoms with E-state index in [0.29, 0.717) is 16.1 Å². The van der Waals surface area contributed by atoms with Gasteiger partial charge in [-0.25, -0.2) is 0 Å². The van der Waals surface area contributed by atoms with Crippen LogP contribution in [0.15, 0.2) is 91.0 Å². The summed E-state index contributed by atoms with van der Waals surface area (Å²) in [5, 5.41) is 15.7. The Morgan fingerprint density at radius 1 is 0.786 bits per heavy atom. The van der Waals surface area contributed by atoms with Crippen LogP contribution in [-0.2, 0) is 0 Å². The van der Waals surface area contributed by atoms with Crippen LogP contribution in [0.1, 0.15) is 20.9 Å². The average Bonchev–Trinajstić information content (AvgIpc) is 3.25. The number of hydrogen-bond donors (Lipinski definition) is 1. The average molecular weight is 386 g/mol. The number of nitrogens with zero attached hydrogens (tertiary/aromatic N) is 3. The first-order valence-corrected chi connectivity index (χ1v) is 9.42. The lowest BCUT2D eigenvalue weighted by Crippen LogP contribution is -2.35. The largest absolute Gasteiger partial charge is 0.506 e. The topological polar surface area (TPSA) is 67.0 Å². The van der Waals surface area contributed by atoms with Gasteiger partial charge in [-0.2, -0.15) is 0 Å². The summed E-state index contributed by atoms with van der Waals surface area (Å²) in [7, 11) is 0. The first-order valence-electron chi connectivity index (χ1n) is 8.64. The second-order valence-corrected chi connectivity index (χ2v) is 6.72. The molecule has 1 N–H and O–H groups in total. The fourth-order valence-electron chi connectivity index (χ4n) is 2.74. The Bertz CT molecular complexity index is 1120. The van der Waals surface area contributed by atoms with Gasteiger partial charge in [-0.05, 0) is 0 Å². The van der Waals surface area contributed by atoms with Crippen LogP contribution in [0.5, 0.6) is 0 Å². The van der Waals surface area contributed by atoms with Crippen LogP contribution >= 0.6 is 11.5 Å². The van der Waals surface area contributed by atoms with Crippen molar-refractivity contribution in [1.82, 2.24) is 9.59 Å². The van der Waals surface area contributed by atoms with Crippen LogP contribution in [0.25, 0.3) is 17.0 Å². The van der Waals surface area contributed by atoms with Gasteiger partial charge in [0.15, 0.2) is 5.78 Å². The molecule has 136 valence electrons. The normalized spacial score (nSPS) is 11.7. The molecule has 0 fully saturated rings. The summed E-state index contributed by atoms with van der Waals surface area (Å²) in [6.45, 7) is 0. The maximum absolute atomic E-state index is 13.2. The number of ketones is 1. The Morgan fingerprint density at radius 3 is 1.93 bits per heavy atom. The Morgan fingerprint density at radius 2 is 1.32 bits per heavy atom. The molecular weight excluding hydrogens is 370 g/mol. The summed E-state index contributed by atoms with van der Waals surface area (Å²) in [5.41, 5.74) is 1.92. The monoisotopic (exact) mass is 386 g/mol. The fourth-order valence-corrected chi connectivity index (χ4v) is 3.42. The number of carbonyl (C=O) groups excluding carboxylic acids is 1. The summed E-state index contributed by atoms with van der Waals surface area (Å²) in [5.74, 6) is -0.427. The van der Waals surface area contributed by atoms with Crippen molar-refractivity contribution >= 4 is 28.6 Å². The summed E-state index contributed by atoms with van der Waals surface area (Å²) in [6, 6.07) is 27.2. The molecule has 0 amide bonds. The van der Waals surface area contributed by atoms with Crippen molar-refractivity contribution in [3.63, 3.8) is 0 Å². The molecule has 1 heterocycles. The maximum atomic E-state index is 13.2. The molecule has 1 aromatic heterocycles. The third-order valence-electron chi connectivity index (χ3n) is 4.14. The fraction of sp³-hybridized carbons (Fsp3) is 0. The van der Waals surface area contributed by atoms with E-state index in [0.717, 1.165) is 17.2 Å². The number of para-hydroxylation sites is 1. The highest BCUT2D eigenvalue weighted by Gasteiger charge is 2.27. The van der Waals surface area contributed by atoms with Gasteiger partial charge in [0.1, 0.15) is 11.3 Å². The lowest BCUT2D eigenvalue weighted by Gasteiger charge is -2.07. The van der Waals surface area contributed by atoms with Gasteiger partial charge in [0.25, 0.3) is 5.69 Å². The number of benzene rings is 3. The molecule has 3 aromatic carbocycles. The standard InChI is InChI=1S/C22H15N3O2S/c26-20(16-10-4-1-5-11-16)19(21(27)17-12-6-2-7-13-17)22-23-25(24-28-22)18-14-8-3-9-15-18/h1-15H/p+1. The van der Waals surface area contributed by atoms with Crippen molar-refractivity contribution in [2.75, 3.05) is 0 Å². The van der Waals surface area contributed by atoms with Gasteiger partial charge < -0.3 is 5.11 Å². The smallest absolute Gasteiger partial charge is 0.269 e. The van der Waals surface area contributed by atoms with Gasteiger partial charge >= 0.3 is 0 Å². The van der Waals surface area contributed by atoms with Crippen molar-refractivity contribution in [3.8, 4) is 5.69 Å². The van der Waals surface area contributed by atoms with Gasteiger partial charge in [0, 0.05) is 28.4 Å². The zero-order chi connectivity index (χ0) is 19.3. The highest BCUT2D eigenvalue weighted by Crippen LogP contribution is 2.28. The van der Waals surface area contributed by atoms with E-state index in [1.54, 1.807) is 48.5 Å². The van der Waals surface area contributed by atoms with Gasteiger partial charge in [-0.1, -0.05) is 78.9 Å². The Hall–Kier alpha value is -3.64. The summed E-state index contributed by atoms with van der Waals surface area (Å²) < 4.78 is 4.31. The molecule has 0 aliphatic rings. The lowest BCUT2D eigenvalue weighted by atomic mass is 10.00. The maximum Gasteiger partial charge on any atom is 0.269 e. The summed E-state index contributed by atoms with van der Waals surface area (Å²) >= 11 is 1.06. The van der Waals surface area contributed by atoms with Crippen molar-refractivity contribution in [1.29, 1.82) is 0 Å². The SMILES string of the molecule is O=C(/C(=C(\O)c1ccccc1)c1n[n+](-c2ccccc2)ns1)c1ccccc1. The molecule has 0 radical (unpaired) electrons. The predicted octanol–water partition coefficient (Wildman–Crippen LogP) is 4.12. The minimum atomic E-state index is -0.307. The van der Waals surface area contributed by atoms with E-state index < -0.39 is 0 Å². The molecule has 5 nitrogen and oxygen atoms in total. The Labute approximate surface area is 166 Å². The van der Waals surface area contributed by atoms with Crippen LogP contribution in [0.4, 0.5) is 0 Å². The highest BCUT2D eigenvalue weighted by molar-refractivity contribution is 7.06. The molecule has 0 atom stereocenters. The first-order chi connectivity index (χ1) is 13.7. The van der Waals surface area contributed by atoms with Crippen molar-refractivity contribution in [3.05, 3.63) is 107 Å². The molecule has 0 aliphatic carbocycles. The Kier molecular flexibility index (Phi) is 5.03. The molecule has 28 heavy (non-hydrogen) atoms. The molecule has 0 unspecified atom stereocenters. The number of hydrogen-bond acceptors (Lipinski definition) is 5. The van der Waals surface area contributed by atoms with Gasteiger partial charge in [0.2, 0.25) is 5.01 Å². The van der Waals surface area contributed by atoms with Crippen molar-refractivity contribution in [2.45, 2.75) is 0 Å². The zero-order valence-corrected chi connectivity index (χ0v) is 15.6. The number of aliphatic hydroxyl groups excluding tert-OH is 1. The number of aliphatic hydroxyl groups is 1. The quantitative estimate of drug-likeness (QED) is 0.242. The van der Waals surface area contributed by atoms with Crippen LogP contribution in [0, 0.1) is 0 Å². The second-order valence-electron chi connectivity index (χ2n) is 5.99. The van der Waals surface area contributed by atoms with E-state index in [4.69, 9.17) is 0 Å². The lowest BCUT2D eigenvalue weighted by molar-refractivity contribution is -0.710.